The molecular formula is C14H20ClN5O3S. The summed E-state index contributed by atoms with van der Waals surface area (Å²) in [6.07, 6.45) is 4.11. The van der Waals surface area contributed by atoms with Crippen LogP contribution < -0.4 is 4.72 Å². The number of sulfonamides is 1. The van der Waals surface area contributed by atoms with Crippen molar-refractivity contribution < 1.29 is 13.5 Å². The number of aliphatic hydroxyl groups excluding tert-OH is 1. The highest BCUT2D eigenvalue weighted by Crippen LogP contribution is 2.39. The van der Waals surface area contributed by atoms with E-state index >= 15 is 0 Å². The van der Waals surface area contributed by atoms with Gasteiger partial charge in [0.25, 0.3) is 0 Å². The minimum Gasteiger partial charge on any atom is -0.393 e. The highest BCUT2D eigenvalue weighted by atomic mass is 35.5. The van der Waals surface area contributed by atoms with Crippen LogP contribution in [0.1, 0.15) is 30.1 Å². The number of halogens is 1. The van der Waals surface area contributed by atoms with Gasteiger partial charge in [-0.05, 0) is 25.7 Å². The van der Waals surface area contributed by atoms with Crippen LogP contribution in [0.5, 0.6) is 0 Å². The van der Waals surface area contributed by atoms with Crippen molar-refractivity contribution in [1.29, 1.82) is 0 Å². The van der Waals surface area contributed by atoms with E-state index < -0.39 is 16.1 Å². The van der Waals surface area contributed by atoms with Gasteiger partial charge in [-0.25, -0.2) is 13.1 Å². The molecule has 3 rings (SSSR count). The summed E-state index contributed by atoms with van der Waals surface area (Å²) in [7, 11) is -0.498. The zero-order valence-corrected chi connectivity index (χ0v) is 15.2. The molecule has 8 nitrogen and oxygen atoms in total. The molecule has 132 valence electrons. The fraction of sp³-hybridized carbons (Fsp3) is 0.571. The molecule has 2 aromatic rings. The molecule has 0 amide bonds. The van der Waals surface area contributed by atoms with Gasteiger partial charge in [0.05, 0.1) is 24.0 Å². The number of hydrogen-bond donors (Lipinski definition) is 2. The maximum atomic E-state index is 12.9. The molecule has 0 saturated heterocycles. The van der Waals surface area contributed by atoms with Crippen LogP contribution in [0.25, 0.3) is 0 Å². The van der Waals surface area contributed by atoms with Gasteiger partial charge in [0.1, 0.15) is 10.0 Å². The van der Waals surface area contributed by atoms with Crippen LogP contribution in [0.4, 0.5) is 0 Å². The Hall–Kier alpha value is -1.42. The van der Waals surface area contributed by atoms with E-state index in [0.717, 1.165) is 5.56 Å². The molecule has 0 aromatic carbocycles. The molecular weight excluding hydrogens is 354 g/mol. The first-order chi connectivity index (χ1) is 11.2. The molecule has 2 aromatic heterocycles. The second-order valence-electron chi connectivity index (χ2n) is 6.26. The number of nitrogens with zero attached hydrogens (tertiary/aromatic N) is 4. The van der Waals surface area contributed by atoms with Crippen molar-refractivity contribution in [3.05, 3.63) is 28.8 Å². The standard InChI is InChI=1S/C14H20ClN5O3S/c1-8-13(14(15)20(3)17-8)24(22,23)18-12(9-4-11(21)5-9)10-6-16-19(2)7-10/h6-7,9,11-12,18,21H,4-5H2,1-3H3/t9?,11?,12-/m1/s1. The number of rotatable bonds is 5. The SMILES string of the molecule is Cc1nn(C)c(Cl)c1S(=O)(=O)N[C@@H](c1cnn(C)c1)C1CC(O)C1. The minimum absolute atomic E-state index is 0.00901. The first-order valence-electron chi connectivity index (χ1n) is 7.57. The number of nitrogens with one attached hydrogen (secondary N) is 1. The van der Waals surface area contributed by atoms with Gasteiger partial charge in [0, 0.05) is 25.9 Å². The molecule has 0 radical (unpaired) electrons. The van der Waals surface area contributed by atoms with Gasteiger partial charge in [-0.1, -0.05) is 11.6 Å². The fourth-order valence-electron chi connectivity index (χ4n) is 3.08. The number of aliphatic hydroxyl groups is 1. The average molecular weight is 374 g/mol. The zero-order valence-electron chi connectivity index (χ0n) is 13.6. The van der Waals surface area contributed by atoms with E-state index in [0.29, 0.717) is 18.5 Å². The summed E-state index contributed by atoms with van der Waals surface area (Å²) in [5.74, 6) is 0.00901. The Morgan fingerprint density at radius 1 is 1.42 bits per heavy atom. The molecule has 24 heavy (non-hydrogen) atoms. The summed E-state index contributed by atoms with van der Waals surface area (Å²) in [6.45, 7) is 1.60. The van der Waals surface area contributed by atoms with Crippen molar-refractivity contribution >= 4 is 21.6 Å². The van der Waals surface area contributed by atoms with Gasteiger partial charge in [-0.3, -0.25) is 9.36 Å². The Kier molecular flexibility index (Phi) is 4.45. The molecule has 1 aliphatic carbocycles. The Morgan fingerprint density at radius 3 is 2.54 bits per heavy atom. The van der Waals surface area contributed by atoms with Crippen LogP contribution >= 0.6 is 11.6 Å². The van der Waals surface area contributed by atoms with Crippen LogP contribution in [0, 0.1) is 12.8 Å². The van der Waals surface area contributed by atoms with E-state index in [2.05, 4.69) is 14.9 Å². The summed E-state index contributed by atoms with van der Waals surface area (Å²) in [5, 5.41) is 17.8. The summed E-state index contributed by atoms with van der Waals surface area (Å²) < 4.78 is 31.4. The third-order valence-corrected chi connectivity index (χ3v) is 6.49. The molecule has 1 fully saturated rings. The van der Waals surface area contributed by atoms with Gasteiger partial charge in [0.15, 0.2) is 0 Å². The normalized spacial score (nSPS) is 22.4. The second kappa shape index (κ2) is 6.14. The smallest absolute Gasteiger partial charge is 0.246 e. The van der Waals surface area contributed by atoms with Crippen molar-refractivity contribution in [2.75, 3.05) is 0 Å². The van der Waals surface area contributed by atoms with E-state index in [-0.39, 0.29) is 22.1 Å². The topological polar surface area (TPSA) is 102 Å². The van der Waals surface area contributed by atoms with Gasteiger partial charge < -0.3 is 5.11 Å². The van der Waals surface area contributed by atoms with Crippen molar-refractivity contribution in [1.82, 2.24) is 24.3 Å². The number of hydrogen-bond acceptors (Lipinski definition) is 5. The Bertz CT molecular complexity index is 854. The predicted molar refractivity (Wildman–Crippen MR) is 88.0 cm³/mol. The lowest BCUT2D eigenvalue weighted by Crippen LogP contribution is -2.41. The molecule has 10 heteroatoms. The second-order valence-corrected chi connectivity index (χ2v) is 8.27. The predicted octanol–water partition coefficient (Wildman–Crippen LogP) is 0.906. The van der Waals surface area contributed by atoms with Gasteiger partial charge in [0.2, 0.25) is 10.0 Å². The molecule has 0 aliphatic heterocycles. The van der Waals surface area contributed by atoms with Crippen molar-refractivity contribution in [2.24, 2.45) is 20.0 Å². The van der Waals surface area contributed by atoms with Crippen LogP contribution in [0.3, 0.4) is 0 Å². The Labute approximate surface area is 145 Å². The van der Waals surface area contributed by atoms with Crippen molar-refractivity contribution in [3.8, 4) is 0 Å². The largest absolute Gasteiger partial charge is 0.393 e. The minimum atomic E-state index is -3.86. The molecule has 1 aliphatic rings. The van der Waals surface area contributed by atoms with E-state index in [4.69, 9.17) is 11.6 Å². The van der Waals surface area contributed by atoms with Gasteiger partial charge in [-0.2, -0.15) is 10.2 Å². The highest BCUT2D eigenvalue weighted by molar-refractivity contribution is 7.89. The maximum Gasteiger partial charge on any atom is 0.246 e. The van der Waals surface area contributed by atoms with Crippen LogP contribution in [0.15, 0.2) is 17.3 Å². The quantitative estimate of drug-likeness (QED) is 0.810. The molecule has 1 atom stereocenters. The van der Waals surface area contributed by atoms with Crippen molar-refractivity contribution in [2.45, 2.75) is 36.8 Å². The van der Waals surface area contributed by atoms with Crippen LogP contribution in [-0.2, 0) is 24.1 Å². The van der Waals surface area contributed by atoms with E-state index in [1.54, 1.807) is 38.1 Å². The van der Waals surface area contributed by atoms with E-state index in [1.165, 1.54) is 4.68 Å². The summed E-state index contributed by atoms with van der Waals surface area (Å²) in [6, 6.07) is -0.470. The van der Waals surface area contributed by atoms with E-state index in [9.17, 15) is 13.5 Å². The maximum absolute atomic E-state index is 12.9. The summed E-state index contributed by atoms with van der Waals surface area (Å²) >= 11 is 6.11. The van der Waals surface area contributed by atoms with Crippen LogP contribution in [-0.4, -0.2) is 39.2 Å². The molecule has 0 bridgehead atoms. The first kappa shape index (κ1) is 17.4. The first-order valence-corrected chi connectivity index (χ1v) is 9.43. The molecule has 1 saturated carbocycles. The molecule has 0 spiro atoms. The lowest BCUT2D eigenvalue weighted by molar-refractivity contribution is 0.0280. The summed E-state index contributed by atoms with van der Waals surface area (Å²) in [5.41, 5.74) is 1.10. The fourth-order valence-corrected chi connectivity index (χ4v) is 5.12. The number of aromatic nitrogens is 4. The summed E-state index contributed by atoms with van der Waals surface area (Å²) in [4.78, 5) is -0.0135. The van der Waals surface area contributed by atoms with Gasteiger partial charge >= 0.3 is 0 Å². The van der Waals surface area contributed by atoms with Crippen molar-refractivity contribution in [3.63, 3.8) is 0 Å². The number of aryl methyl sites for hydroxylation is 3. The molecule has 2 N–H and O–H groups in total. The van der Waals surface area contributed by atoms with E-state index in [1.807, 2.05) is 0 Å². The zero-order chi connectivity index (χ0) is 17.6. The molecule has 0 unspecified atom stereocenters. The lowest BCUT2D eigenvalue weighted by atomic mass is 9.76. The monoisotopic (exact) mass is 373 g/mol. The van der Waals surface area contributed by atoms with Crippen LogP contribution in [0.2, 0.25) is 5.15 Å². The average Bonchev–Trinajstić information content (AvgIpc) is 2.97. The lowest BCUT2D eigenvalue weighted by Gasteiger charge is -2.37. The highest BCUT2D eigenvalue weighted by Gasteiger charge is 2.39. The van der Waals surface area contributed by atoms with Gasteiger partial charge in [-0.15, -0.1) is 0 Å². The third kappa shape index (κ3) is 3.08. The Morgan fingerprint density at radius 2 is 2.08 bits per heavy atom. The third-order valence-electron chi connectivity index (χ3n) is 4.36. The Balaban J connectivity index is 1.94. The molecule has 2 heterocycles.